The predicted molar refractivity (Wildman–Crippen MR) is 137 cm³/mol. The zero-order valence-corrected chi connectivity index (χ0v) is 21.5. The number of sulfonamides is 1. The molecular formula is C23H27N5O4S3. The van der Waals surface area contributed by atoms with Crippen molar-refractivity contribution in [3.8, 4) is 11.1 Å². The molecule has 2 aliphatic rings. The van der Waals surface area contributed by atoms with Gasteiger partial charge in [-0.25, -0.2) is 18.9 Å². The fraction of sp³-hybridized carbons (Fsp3) is 0.391. The summed E-state index contributed by atoms with van der Waals surface area (Å²) in [6.45, 7) is 4.92. The summed E-state index contributed by atoms with van der Waals surface area (Å²) in [6, 6.07) is 9.35. The van der Waals surface area contributed by atoms with Crippen LogP contribution >= 0.6 is 22.7 Å². The van der Waals surface area contributed by atoms with Crippen LogP contribution in [0, 0.1) is 0 Å². The number of hydrogen-bond acceptors (Lipinski definition) is 9. The summed E-state index contributed by atoms with van der Waals surface area (Å²) in [4.78, 5) is 22.1. The first-order chi connectivity index (χ1) is 16.9. The van der Waals surface area contributed by atoms with Crippen LogP contribution in [-0.2, 0) is 16.6 Å². The molecular weight excluding hydrogens is 506 g/mol. The van der Waals surface area contributed by atoms with Gasteiger partial charge in [-0.2, -0.15) is 4.31 Å². The topological polar surface area (TPSA) is 106 Å². The van der Waals surface area contributed by atoms with Gasteiger partial charge < -0.3 is 4.90 Å². The van der Waals surface area contributed by atoms with Crippen molar-refractivity contribution in [1.29, 1.82) is 0 Å². The summed E-state index contributed by atoms with van der Waals surface area (Å²) in [6.07, 6.45) is 3.95. The Balaban J connectivity index is 1.21. The molecule has 0 aliphatic carbocycles. The molecule has 12 heteroatoms. The molecule has 0 spiro atoms. The van der Waals surface area contributed by atoms with E-state index in [1.165, 1.54) is 41.3 Å². The highest BCUT2D eigenvalue weighted by Gasteiger charge is 2.29. The molecule has 186 valence electrons. The minimum absolute atomic E-state index is 0.290. The minimum atomic E-state index is -3.60. The zero-order chi connectivity index (χ0) is 24.4. The van der Waals surface area contributed by atoms with E-state index in [9.17, 15) is 13.2 Å². The number of thiophene rings is 1. The summed E-state index contributed by atoms with van der Waals surface area (Å²) in [5, 5.41) is 11.5. The highest BCUT2D eigenvalue weighted by atomic mass is 32.2. The standard InChI is InChI=1S/C23H27N5O4S3/c29-22(25-30)21-14-24-23(34-21)27-9-11-28(12-10-27)35(31,32)20-5-3-17(4-6-20)18-13-19(33-16-18)15-26-7-1-2-8-26/h3-6,13-14,16,30H,1-2,7-12,15H2,(H,25,29). The van der Waals surface area contributed by atoms with Crippen LogP contribution in [0.4, 0.5) is 5.13 Å². The summed E-state index contributed by atoms with van der Waals surface area (Å²) >= 11 is 2.91. The van der Waals surface area contributed by atoms with E-state index in [1.807, 2.05) is 17.0 Å². The Morgan fingerprint density at radius 3 is 2.43 bits per heavy atom. The first-order valence-electron chi connectivity index (χ1n) is 11.5. The van der Waals surface area contributed by atoms with Gasteiger partial charge in [-0.15, -0.1) is 11.3 Å². The molecule has 2 N–H and O–H groups in total. The predicted octanol–water partition coefficient (Wildman–Crippen LogP) is 3.10. The SMILES string of the molecule is O=C(NO)c1cnc(N2CCN(S(=O)(=O)c3ccc(-c4csc(CN5CCCC5)c4)cc3)CC2)s1. The Labute approximate surface area is 212 Å². The average molecular weight is 534 g/mol. The summed E-state index contributed by atoms with van der Waals surface area (Å²) in [5.41, 5.74) is 3.74. The first kappa shape index (κ1) is 24.3. The van der Waals surface area contributed by atoms with Crippen LogP contribution in [0.2, 0.25) is 0 Å². The highest BCUT2D eigenvalue weighted by molar-refractivity contribution is 7.89. The molecule has 0 atom stereocenters. The number of hydroxylamine groups is 1. The van der Waals surface area contributed by atoms with Crippen molar-refractivity contribution in [2.24, 2.45) is 0 Å². The number of amides is 1. The van der Waals surface area contributed by atoms with Gasteiger partial charge >= 0.3 is 0 Å². The lowest BCUT2D eigenvalue weighted by Gasteiger charge is -2.33. The molecule has 35 heavy (non-hydrogen) atoms. The van der Waals surface area contributed by atoms with Crippen molar-refractivity contribution in [1.82, 2.24) is 19.7 Å². The van der Waals surface area contributed by atoms with E-state index in [1.54, 1.807) is 28.9 Å². The van der Waals surface area contributed by atoms with Crippen LogP contribution in [-0.4, -0.2) is 73.0 Å². The number of thiazole rings is 1. The Morgan fingerprint density at radius 1 is 1.03 bits per heavy atom. The molecule has 2 fully saturated rings. The normalized spacial score (nSPS) is 17.7. The van der Waals surface area contributed by atoms with Gasteiger partial charge in [-0.3, -0.25) is 14.9 Å². The number of piperazine rings is 1. The summed E-state index contributed by atoms with van der Waals surface area (Å²) in [5.74, 6) is -0.608. The van der Waals surface area contributed by atoms with E-state index in [4.69, 9.17) is 5.21 Å². The highest BCUT2D eigenvalue weighted by Crippen LogP contribution is 2.30. The van der Waals surface area contributed by atoms with Crippen molar-refractivity contribution in [2.45, 2.75) is 24.3 Å². The van der Waals surface area contributed by atoms with E-state index in [0.29, 0.717) is 41.1 Å². The van der Waals surface area contributed by atoms with Crippen molar-refractivity contribution in [3.63, 3.8) is 0 Å². The Kier molecular flexibility index (Phi) is 7.19. The van der Waals surface area contributed by atoms with Gasteiger partial charge in [0.1, 0.15) is 4.88 Å². The third-order valence-corrected chi connectivity index (χ3v) is 10.3. The molecule has 5 rings (SSSR count). The fourth-order valence-electron chi connectivity index (χ4n) is 4.44. The van der Waals surface area contributed by atoms with Crippen LogP contribution in [0.5, 0.6) is 0 Å². The number of hydrogen-bond donors (Lipinski definition) is 2. The molecule has 3 aromatic rings. The van der Waals surface area contributed by atoms with Crippen LogP contribution in [0.25, 0.3) is 11.1 Å². The third-order valence-electron chi connectivity index (χ3n) is 6.39. The maximum absolute atomic E-state index is 13.2. The number of rotatable bonds is 7. The van der Waals surface area contributed by atoms with E-state index >= 15 is 0 Å². The fourth-order valence-corrected chi connectivity index (χ4v) is 7.65. The molecule has 0 radical (unpaired) electrons. The molecule has 0 unspecified atom stereocenters. The van der Waals surface area contributed by atoms with Gasteiger partial charge in [0.25, 0.3) is 5.91 Å². The number of nitrogens with zero attached hydrogens (tertiary/aromatic N) is 4. The molecule has 0 bridgehead atoms. The lowest BCUT2D eigenvalue weighted by atomic mass is 10.1. The number of benzene rings is 1. The number of carbonyl (C=O) groups is 1. The van der Waals surface area contributed by atoms with Crippen molar-refractivity contribution < 1.29 is 18.4 Å². The van der Waals surface area contributed by atoms with Crippen LogP contribution in [0.1, 0.15) is 27.4 Å². The quantitative estimate of drug-likeness (QED) is 0.355. The van der Waals surface area contributed by atoms with E-state index in [2.05, 4.69) is 21.3 Å². The Bertz CT molecular complexity index is 1270. The smallest absolute Gasteiger partial charge is 0.286 e. The average Bonchev–Trinajstić information content (AvgIpc) is 3.66. The second-order valence-electron chi connectivity index (χ2n) is 8.65. The monoisotopic (exact) mass is 533 g/mol. The molecule has 1 amide bonds. The van der Waals surface area contributed by atoms with Crippen LogP contribution in [0.3, 0.4) is 0 Å². The lowest BCUT2D eigenvalue weighted by Crippen LogP contribution is -2.48. The molecule has 2 aromatic heterocycles. The number of nitrogens with one attached hydrogen (secondary N) is 1. The molecule has 1 aromatic carbocycles. The maximum atomic E-state index is 13.2. The largest absolute Gasteiger partial charge is 0.345 e. The van der Waals surface area contributed by atoms with Crippen molar-refractivity contribution in [3.05, 3.63) is 51.7 Å². The third kappa shape index (κ3) is 5.27. The van der Waals surface area contributed by atoms with Crippen LogP contribution < -0.4 is 10.4 Å². The number of aromatic nitrogens is 1. The summed E-state index contributed by atoms with van der Waals surface area (Å²) in [7, 11) is -3.60. The second-order valence-corrected chi connectivity index (χ2v) is 12.6. The molecule has 4 heterocycles. The van der Waals surface area contributed by atoms with Crippen molar-refractivity contribution in [2.75, 3.05) is 44.2 Å². The lowest BCUT2D eigenvalue weighted by molar-refractivity contribution is 0.0710. The molecule has 2 aliphatic heterocycles. The number of carbonyl (C=O) groups excluding carboxylic acids is 1. The van der Waals surface area contributed by atoms with Gasteiger partial charge in [-0.1, -0.05) is 23.5 Å². The number of likely N-dealkylation sites (tertiary alicyclic amines) is 1. The first-order valence-corrected chi connectivity index (χ1v) is 14.6. The molecule has 0 saturated carbocycles. The Morgan fingerprint density at radius 2 is 1.74 bits per heavy atom. The van der Waals surface area contributed by atoms with Gasteiger partial charge in [0.15, 0.2) is 5.13 Å². The Hall–Kier alpha value is -2.35. The maximum Gasteiger partial charge on any atom is 0.286 e. The van der Waals surface area contributed by atoms with Gasteiger partial charge in [-0.05, 0) is 60.6 Å². The minimum Gasteiger partial charge on any atom is -0.345 e. The van der Waals surface area contributed by atoms with E-state index in [0.717, 1.165) is 29.0 Å². The summed E-state index contributed by atoms with van der Waals surface area (Å²) < 4.78 is 27.9. The van der Waals surface area contributed by atoms with Gasteiger partial charge in [0.2, 0.25) is 10.0 Å². The van der Waals surface area contributed by atoms with Crippen LogP contribution in [0.15, 0.2) is 46.8 Å². The number of anilines is 1. The molecule has 2 saturated heterocycles. The van der Waals surface area contributed by atoms with E-state index in [-0.39, 0.29) is 0 Å². The van der Waals surface area contributed by atoms with Crippen molar-refractivity contribution >= 4 is 43.7 Å². The van der Waals surface area contributed by atoms with Gasteiger partial charge in [0.05, 0.1) is 11.1 Å². The van der Waals surface area contributed by atoms with Gasteiger partial charge in [0, 0.05) is 37.6 Å². The van der Waals surface area contributed by atoms with E-state index < -0.39 is 15.9 Å². The second kappa shape index (κ2) is 10.3. The molecule has 9 nitrogen and oxygen atoms in total. The zero-order valence-electron chi connectivity index (χ0n) is 19.1.